The quantitative estimate of drug-likeness (QED) is 0.588. The van der Waals surface area contributed by atoms with E-state index in [9.17, 15) is 4.79 Å². The largest absolute Gasteiger partial charge is 0.393 e. The van der Waals surface area contributed by atoms with Gasteiger partial charge < -0.3 is 5.73 Å². The molecule has 0 saturated heterocycles. The van der Waals surface area contributed by atoms with E-state index < -0.39 is 0 Å². The molecular weight excluding hydrogens is 182 g/mol. The smallest absolute Gasteiger partial charge is 0.169 e. The van der Waals surface area contributed by atoms with Gasteiger partial charge in [0.15, 0.2) is 5.78 Å². The second-order valence-corrected chi connectivity index (χ2v) is 3.46. The van der Waals surface area contributed by atoms with Crippen molar-refractivity contribution >= 4 is 23.0 Å². The maximum absolute atomic E-state index is 11.4. The van der Waals surface area contributed by atoms with E-state index in [1.54, 1.807) is 12.1 Å². The highest BCUT2D eigenvalue weighted by molar-refractivity contribution is 7.80. The van der Waals surface area contributed by atoms with Crippen LogP contribution in [-0.4, -0.2) is 10.8 Å². The molecule has 0 spiro atoms. The van der Waals surface area contributed by atoms with Crippen LogP contribution in [0.15, 0.2) is 24.3 Å². The van der Waals surface area contributed by atoms with Crippen LogP contribution in [0.25, 0.3) is 0 Å². The van der Waals surface area contributed by atoms with Crippen molar-refractivity contribution in [3.63, 3.8) is 0 Å². The van der Waals surface area contributed by atoms with E-state index >= 15 is 0 Å². The SMILES string of the molecule is Cc1ccc(C(=O)CC(N)=S)cc1. The molecule has 68 valence electrons. The van der Waals surface area contributed by atoms with Crippen LogP contribution < -0.4 is 5.73 Å². The molecule has 0 aromatic heterocycles. The summed E-state index contributed by atoms with van der Waals surface area (Å²) in [6.07, 6.45) is 0.151. The molecule has 0 amide bonds. The van der Waals surface area contributed by atoms with Crippen LogP contribution in [0.4, 0.5) is 0 Å². The zero-order valence-electron chi connectivity index (χ0n) is 7.41. The topological polar surface area (TPSA) is 43.1 Å². The van der Waals surface area contributed by atoms with Gasteiger partial charge in [-0.25, -0.2) is 0 Å². The maximum atomic E-state index is 11.4. The third-order valence-electron chi connectivity index (χ3n) is 1.71. The lowest BCUT2D eigenvalue weighted by Gasteiger charge is -1.99. The van der Waals surface area contributed by atoms with Crippen molar-refractivity contribution in [2.24, 2.45) is 5.73 Å². The summed E-state index contributed by atoms with van der Waals surface area (Å²) in [4.78, 5) is 11.6. The number of rotatable bonds is 3. The Kier molecular flexibility index (Phi) is 3.14. The zero-order chi connectivity index (χ0) is 9.84. The average Bonchev–Trinajstić information content (AvgIpc) is 2.04. The molecule has 0 heterocycles. The van der Waals surface area contributed by atoms with Gasteiger partial charge in [-0.15, -0.1) is 0 Å². The molecule has 0 aliphatic rings. The predicted octanol–water partition coefficient (Wildman–Crippen LogP) is 1.85. The molecule has 0 radical (unpaired) electrons. The molecule has 2 N–H and O–H groups in total. The van der Waals surface area contributed by atoms with Gasteiger partial charge in [-0.2, -0.15) is 0 Å². The predicted molar refractivity (Wildman–Crippen MR) is 56.9 cm³/mol. The Balaban J connectivity index is 2.78. The number of hydrogen-bond donors (Lipinski definition) is 1. The van der Waals surface area contributed by atoms with Crippen LogP contribution in [0, 0.1) is 6.92 Å². The highest BCUT2D eigenvalue weighted by Crippen LogP contribution is 2.05. The highest BCUT2D eigenvalue weighted by Gasteiger charge is 2.05. The zero-order valence-corrected chi connectivity index (χ0v) is 8.23. The Morgan fingerprint density at radius 3 is 2.38 bits per heavy atom. The Morgan fingerprint density at radius 2 is 1.92 bits per heavy atom. The number of ketones is 1. The molecule has 0 aliphatic carbocycles. The molecule has 0 bridgehead atoms. The van der Waals surface area contributed by atoms with Crippen molar-refractivity contribution < 1.29 is 4.79 Å². The van der Waals surface area contributed by atoms with Crippen LogP contribution in [-0.2, 0) is 0 Å². The number of benzene rings is 1. The lowest BCUT2D eigenvalue weighted by Crippen LogP contribution is -2.14. The van der Waals surface area contributed by atoms with Gasteiger partial charge in [0.1, 0.15) is 0 Å². The van der Waals surface area contributed by atoms with Crippen molar-refractivity contribution in [1.82, 2.24) is 0 Å². The Hall–Kier alpha value is -1.22. The van der Waals surface area contributed by atoms with Crippen molar-refractivity contribution in [3.05, 3.63) is 35.4 Å². The van der Waals surface area contributed by atoms with Gasteiger partial charge >= 0.3 is 0 Å². The van der Waals surface area contributed by atoms with E-state index in [0.29, 0.717) is 5.56 Å². The number of carbonyl (C=O) groups is 1. The van der Waals surface area contributed by atoms with Crippen molar-refractivity contribution in [1.29, 1.82) is 0 Å². The summed E-state index contributed by atoms with van der Waals surface area (Å²) in [6, 6.07) is 7.37. The summed E-state index contributed by atoms with van der Waals surface area (Å²) in [5.41, 5.74) is 7.07. The molecule has 0 aliphatic heterocycles. The standard InChI is InChI=1S/C10H11NOS/c1-7-2-4-8(5-3-7)9(12)6-10(11)13/h2-5H,6H2,1H3,(H2,11,13). The highest BCUT2D eigenvalue weighted by atomic mass is 32.1. The summed E-state index contributed by atoms with van der Waals surface area (Å²) in [6.45, 7) is 1.97. The number of nitrogens with two attached hydrogens (primary N) is 1. The molecule has 13 heavy (non-hydrogen) atoms. The first-order chi connectivity index (χ1) is 6.09. The average molecular weight is 193 g/mol. The summed E-state index contributed by atoms with van der Waals surface area (Å²) >= 11 is 4.65. The minimum Gasteiger partial charge on any atom is -0.393 e. The van der Waals surface area contributed by atoms with Crippen LogP contribution in [0.5, 0.6) is 0 Å². The summed E-state index contributed by atoms with van der Waals surface area (Å²) in [7, 11) is 0. The molecule has 0 saturated carbocycles. The van der Waals surface area contributed by atoms with Crippen LogP contribution in [0.3, 0.4) is 0 Å². The first kappa shape index (κ1) is 9.86. The van der Waals surface area contributed by atoms with E-state index in [0.717, 1.165) is 5.56 Å². The summed E-state index contributed by atoms with van der Waals surface area (Å²) < 4.78 is 0. The first-order valence-electron chi connectivity index (χ1n) is 3.98. The van der Waals surface area contributed by atoms with Crippen molar-refractivity contribution in [2.45, 2.75) is 13.3 Å². The van der Waals surface area contributed by atoms with Gasteiger partial charge in [-0.1, -0.05) is 42.0 Å². The third kappa shape index (κ3) is 2.95. The molecule has 1 aromatic carbocycles. The molecule has 1 aromatic rings. The Bertz CT molecular complexity index is 329. The number of Topliss-reactive ketones (excluding diaryl/α,β-unsaturated/α-hetero) is 1. The minimum atomic E-state index is -0.0208. The molecular formula is C10H11NOS. The second-order valence-electron chi connectivity index (χ2n) is 2.93. The number of hydrogen-bond acceptors (Lipinski definition) is 2. The molecule has 2 nitrogen and oxygen atoms in total. The van der Waals surface area contributed by atoms with E-state index in [1.165, 1.54) is 0 Å². The molecule has 0 fully saturated rings. The van der Waals surface area contributed by atoms with Crippen LogP contribution in [0.1, 0.15) is 22.3 Å². The van der Waals surface area contributed by atoms with Gasteiger partial charge in [-0.3, -0.25) is 4.79 Å². The minimum absolute atomic E-state index is 0.0208. The summed E-state index contributed by atoms with van der Waals surface area (Å²) in [5, 5.41) is 0. The van der Waals surface area contributed by atoms with Crippen molar-refractivity contribution in [2.75, 3.05) is 0 Å². The second kappa shape index (κ2) is 4.14. The number of carbonyl (C=O) groups excluding carboxylic acids is 1. The molecule has 1 rings (SSSR count). The maximum Gasteiger partial charge on any atom is 0.169 e. The van der Waals surface area contributed by atoms with Crippen LogP contribution >= 0.6 is 12.2 Å². The normalized spacial score (nSPS) is 9.62. The van der Waals surface area contributed by atoms with Gasteiger partial charge in [0.2, 0.25) is 0 Å². The van der Waals surface area contributed by atoms with Crippen molar-refractivity contribution in [3.8, 4) is 0 Å². The Morgan fingerprint density at radius 1 is 1.38 bits per heavy atom. The van der Waals surface area contributed by atoms with Crippen LogP contribution in [0.2, 0.25) is 0 Å². The molecule has 3 heteroatoms. The lowest BCUT2D eigenvalue weighted by atomic mass is 10.1. The fourth-order valence-corrected chi connectivity index (χ4v) is 1.13. The van der Waals surface area contributed by atoms with E-state index in [1.807, 2.05) is 19.1 Å². The third-order valence-corrected chi connectivity index (χ3v) is 1.85. The van der Waals surface area contributed by atoms with E-state index in [-0.39, 0.29) is 17.2 Å². The lowest BCUT2D eigenvalue weighted by molar-refractivity contribution is 0.100. The van der Waals surface area contributed by atoms with E-state index in [2.05, 4.69) is 12.2 Å². The van der Waals surface area contributed by atoms with Gasteiger partial charge in [0, 0.05) is 5.56 Å². The number of thiocarbonyl (C=S) groups is 1. The monoisotopic (exact) mass is 193 g/mol. The van der Waals surface area contributed by atoms with Gasteiger partial charge in [-0.05, 0) is 6.92 Å². The Labute approximate surface area is 82.8 Å². The number of aryl methyl sites for hydroxylation is 1. The fourth-order valence-electron chi connectivity index (χ4n) is 1.000. The molecule has 0 atom stereocenters. The van der Waals surface area contributed by atoms with Gasteiger partial charge in [0.25, 0.3) is 0 Å². The fraction of sp³-hybridized carbons (Fsp3) is 0.200. The molecule has 0 unspecified atom stereocenters. The summed E-state index contributed by atoms with van der Waals surface area (Å²) in [5.74, 6) is -0.0208. The first-order valence-corrected chi connectivity index (χ1v) is 4.38. The van der Waals surface area contributed by atoms with Gasteiger partial charge in [0.05, 0.1) is 11.4 Å². The van der Waals surface area contributed by atoms with E-state index in [4.69, 9.17) is 5.73 Å².